The first-order valence-corrected chi connectivity index (χ1v) is 6.21. The molecule has 3 rings (SSSR count). The molecule has 0 atom stereocenters. The third-order valence-electron chi connectivity index (χ3n) is 3.20. The van der Waals surface area contributed by atoms with Gasteiger partial charge in [-0.25, -0.2) is 9.78 Å². The molecule has 3 aromatic rings. The number of ether oxygens (including phenoxy) is 1. The molecule has 0 N–H and O–H groups in total. The number of aromatic nitrogens is 3. The Hall–Kier alpha value is -2.69. The van der Waals surface area contributed by atoms with Crippen LogP contribution in [0.4, 0.5) is 0 Å². The number of para-hydroxylation sites is 1. The van der Waals surface area contributed by atoms with Gasteiger partial charge in [0.05, 0.1) is 11.1 Å². The molecule has 2 aromatic heterocycles. The Morgan fingerprint density at radius 1 is 1.25 bits per heavy atom. The molecule has 0 spiro atoms. The van der Waals surface area contributed by atoms with Crippen LogP contribution in [-0.4, -0.2) is 20.5 Å². The first-order chi connectivity index (χ1) is 9.66. The number of carbonyl (C=O) groups is 1. The first-order valence-electron chi connectivity index (χ1n) is 6.21. The predicted octanol–water partition coefficient (Wildman–Crippen LogP) is 2.50. The van der Waals surface area contributed by atoms with Crippen molar-refractivity contribution < 1.29 is 9.53 Å². The first kappa shape index (κ1) is 12.3. The summed E-state index contributed by atoms with van der Waals surface area (Å²) in [6.07, 6.45) is 3.09. The van der Waals surface area contributed by atoms with Crippen molar-refractivity contribution in [1.29, 1.82) is 0 Å². The summed E-state index contributed by atoms with van der Waals surface area (Å²) in [4.78, 5) is 20.4. The molecule has 0 aliphatic heterocycles. The summed E-state index contributed by atoms with van der Waals surface area (Å²) < 4.78 is 7.38. The third-order valence-corrected chi connectivity index (χ3v) is 3.20. The second-order valence-electron chi connectivity index (χ2n) is 4.47. The van der Waals surface area contributed by atoms with Crippen LogP contribution in [0.2, 0.25) is 0 Å². The third kappa shape index (κ3) is 2.03. The van der Waals surface area contributed by atoms with Gasteiger partial charge < -0.3 is 9.30 Å². The van der Waals surface area contributed by atoms with Gasteiger partial charge in [0.25, 0.3) is 0 Å². The molecule has 5 heteroatoms. The fourth-order valence-corrected chi connectivity index (χ4v) is 2.03. The van der Waals surface area contributed by atoms with E-state index in [1.54, 1.807) is 24.4 Å². The number of imidazole rings is 1. The number of nitrogens with zero attached hydrogens (tertiary/aromatic N) is 3. The van der Waals surface area contributed by atoms with Crippen molar-refractivity contribution in [1.82, 2.24) is 14.5 Å². The van der Waals surface area contributed by atoms with Crippen LogP contribution in [0, 0.1) is 6.92 Å². The van der Waals surface area contributed by atoms with Crippen molar-refractivity contribution in [3.05, 3.63) is 54.1 Å². The van der Waals surface area contributed by atoms with Crippen LogP contribution in [-0.2, 0) is 7.05 Å². The van der Waals surface area contributed by atoms with E-state index in [-0.39, 0.29) is 0 Å². The van der Waals surface area contributed by atoms with Gasteiger partial charge in [0.2, 0.25) is 0 Å². The number of esters is 1. The number of pyridine rings is 1. The normalized spacial score (nSPS) is 10.7. The Bertz CT molecular complexity index is 778. The van der Waals surface area contributed by atoms with Crippen LogP contribution < -0.4 is 4.74 Å². The van der Waals surface area contributed by atoms with E-state index in [4.69, 9.17) is 4.74 Å². The van der Waals surface area contributed by atoms with Crippen molar-refractivity contribution in [2.75, 3.05) is 0 Å². The lowest BCUT2D eigenvalue weighted by Gasteiger charge is -2.04. The number of aryl methyl sites for hydroxylation is 2. The van der Waals surface area contributed by atoms with E-state index < -0.39 is 5.97 Å². The van der Waals surface area contributed by atoms with E-state index in [2.05, 4.69) is 9.97 Å². The molecule has 5 nitrogen and oxygen atoms in total. The molecular formula is C15H13N3O2. The zero-order valence-corrected chi connectivity index (χ0v) is 11.2. The fourth-order valence-electron chi connectivity index (χ4n) is 2.03. The highest BCUT2D eigenvalue weighted by Gasteiger charge is 2.14. The van der Waals surface area contributed by atoms with Crippen molar-refractivity contribution in [3.8, 4) is 5.75 Å². The Kier molecular flexibility index (Phi) is 2.95. The number of hydrogen-bond donors (Lipinski definition) is 0. The lowest BCUT2D eigenvalue weighted by Crippen LogP contribution is -2.08. The van der Waals surface area contributed by atoms with Crippen molar-refractivity contribution in [2.45, 2.75) is 6.92 Å². The molecule has 0 aliphatic rings. The quantitative estimate of drug-likeness (QED) is 0.528. The standard InChI is InChI=1S/C15H13N3O2/c1-10-17-14-12(18(10)2)6-3-7-13(14)20-15(19)11-5-4-8-16-9-11/h3-9H,1-2H3. The van der Waals surface area contributed by atoms with Gasteiger partial charge in [-0.1, -0.05) is 6.07 Å². The average molecular weight is 267 g/mol. The minimum absolute atomic E-state index is 0.414. The Labute approximate surface area is 115 Å². The average Bonchev–Trinajstić information content (AvgIpc) is 2.77. The van der Waals surface area contributed by atoms with E-state index in [9.17, 15) is 4.79 Å². The van der Waals surface area contributed by atoms with E-state index >= 15 is 0 Å². The smallest absolute Gasteiger partial charge is 0.345 e. The molecule has 0 unspecified atom stereocenters. The maximum absolute atomic E-state index is 12.1. The summed E-state index contributed by atoms with van der Waals surface area (Å²) in [5, 5.41) is 0. The molecule has 0 amide bonds. The summed E-state index contributed by atoms with van der Waals surface area (Å²) >= 11 is 0. The second kappa shape index (κ2) is 4.77. The molecule has 0 aliphatic carbocycles. The Morgan fingerprint density at radius 3 is 2.85 bits per heavy atom. The topological polar surface area (TPSA) is 57.0 Å². The van der Waals surface area contributed by atoms with Gasteiger partial charge in [0.15, 0.2) is 5.75 Å². The highest BCUT2D eigenvalue weighted by Crippen LogP contribution is 2.25. The zero-order chi connectivity index (χ0) is 14.1. The summed E-state index contributed by atoms with van der Waals surface area (Å²) in [7, 11) is 1.93. The van der Waals surface area contributed by atoms with Gasteiger partial charge in [0.1, 0.15) is 11.3 Å². The van der Waals surface area contributed by atoms with Crippen molar-refractivity contribution >= 4 is 17.0 Å². The molecule has 100 valence electrons. The van der Waals surface area contributed by atoms with Crippen LogP contribution in [0.1, 0.15) is 16.2 Å². The largest absolute Gasteiger partial charge is 0.420 e. The number of carbonyl (C=O) groups excluding carboxylic acids is 1. The molecular weight excluding hydrogens is 254 g/mol. The van der Waals surface area contributed by atoms with Gasteiger partial charge in [-0.2, -0.15) is 0 Å². The van der Waals surface area contributed by atoms with E-state index in [1.165, 1.54) is 6.20 Å². The molecule has 0 fully saturated rings. The van der Waals surface area contributed by atoms with Crippen LogP contribution in [0.25, 0.3) is 11.0 Å². The second-order valence-corrected chi connectivity index (χ2v) is 4.47. The van der Waals surface area contributed by atoms with Gasteiger partial charge in [0, 0.05) is 19.4 Å². The van der Waals surface area contributed by atoms with Gasteiger partial charge in [-0.05, 0) is 31.2 Å². The van der Waals surface area contributed by atoms with E-state index in [0.717, 1.165) is 11.3 Å². The highest BCUT2D eigenvalue weighted by atomic mass is 16.5. The molecule has 0 bridgehead atoms. The van der Waals surface area contributed by atoms with Crippen molar-refractivity contribution in [2.24, 2.45) is 7.05 Å². The fraction of sp³-hybridized carbons (Fsp3) is 0.133. The summed E-state index contributed by atoms with van der Waals surface area (Å²) in [6.45, 7) is 1.91. The van der Waals surface area contributed by atoms with Crippen LogP contribution in [0.3, 0.4) is 0 Å². The minimum atomic E-state index is -0.436. The number of hydrogen-bond acceptors (Lipinski definition) is 4. The van der Waals surface area contributed by atoms with E-state index in [1.807, 2.05) is 30.7 Å². The molecule has 0 saturated carbocycles. The minimum Gasteiger partial charge on any atom is -0.420 e. The van der Waals surface area contributed by atoms with Gasteiger partial charge in [-0.15, -0.1) is 0 Å². The molecule has 0 saturated heterocycles. The van der Waals surface area contributed by atoms with E-state index in [0.29, 0.717) is 16.8 Å². The monoisotopic (exact) mass is 267 g/mol. The Balaban J connectivity index is 1.99. The van der Waals surface area contributed by atoms with Crippen LogP contribution in [0.15, 0.2) is 42.7 Å². The predicted molar refractivity (Wildman–Crippen MR) is 74.6 cm³/mol. The highest BCUT2D eigenvalue weighted by molar-refractivity contribution is 5.93. The number of benzene rings is 1. The lowest BCUT2D eigenvalue weighted by atomic mass is 10.2. The summed E-state index contributed by atoms with van der Waals surface area (Å²) in [6, 6.07) is 8.89. The zero-order valence-electron chi connectivity index (χ0n) is 11.2. The number of fused-ring (bicyclic) bond motifs is 1. The van der Waals surface area contributed by atoms with Gasteiger partial charge >= 0.3 is 5.97 Å². The van der Waals surface area contributed by atoms with Gasteiger partial charge in [-0.3, -0.25) is 4.98 Å². The van der Waals surface area contributed by atoms with Crippen molar-refractivity contribution in [3.63, 3.8) is 0 Å². The maximum Gasteiger partial charge on any atom is 0.345 e. The molecule has 0 radical (unpaired) electrons. The summed E-state index contributed by atoms with van der Waals surface area (Å²) in [5.41, 5.74) is 2.03. The molecule has 20 heavy (non-hydrogen) atoms. The molecule has 1 aromatic carbocycles. The SMILES string of the molecule is Cc1nc2c(OC(=O)c3cccnc3)cccc2n1C. The van der Waals surface area contributed by atoms with Crippen LogP contribution in [0.5, 0.6) is 5.75 Å². The molecule has 2 heterocycles. The Morgan fingerprint density at radius 2 is 2.10 bits per heavy atom. The summed E-state index contributed by atoms with van der Waals surface area (Å²) in [5.74, 6) is 0.888. The number of rotatable bonds is 2. The lowest BCUT2D eigenvalue weighted by molar-refractivity contribution is 0.0736. The maximum atomic E-state index is 12.1. The van der Waals surface area contributed by atoms with Crippen LogP contribution >= 0.6 is 0 Å².